The standard InChI is InChI=1S/C27H18ClFN6O2/c28-22-13-33-24-9-23(29)18(8-20(22)24)12-35-27(37)16-1-2-32-19(7-16)5-14-3-17-4-15(10-30)11-34-25(17)21(6-14)26(31)36/h1-4,6-9,11,13,33H,5,12H2,(H2,31,36)(H,35,37). The zero-order valence-electron chi connectivity index (χ0n) is 19.2. The van der Waals surface area contributed by atoms with Gasteiger partial charge in [-0.2, -0.15) is 5.26 Å². The van der Waals surface area contributed by atoms with Crippen LogP contribution < -0.4 is 11.1 Å². The van der Waals surface area contributed by atoms with E-state index >= 15 is 0 Å². The maximum Gasteiger partial charge on any atom is 0.251 e. The molecule has 4 N–H and O–H groups in total. The van der Waals surface area contributed by atoms with Gasteiger partial charge in [0.1, 0.15) is 11.9 Å². The number of aromatic nitrogens is 3. The highest BCUT2D eigenvalue weighted by Crippen LogP contribution is 2.26. The van der Waals surface area contributed by atoms with Gasteiger partial charge in [-0.3, -0.25) is 19.6 Å². The second-order valence-electron chi connectivity index (χ2n) is 8.44. The Labute approximate surface area is 214 Å². The Bertz CT molecular complexity index is 1760. The molecule has 5 aromatic rings. The predicted octanol–water partition coefficient (Wildman–Crippen LogP) is 4.39. The minimum Gasteiger partial charge on any atom is -0.366 e. The summed E-state index contributed by atoms with van der Waals surface area (Å²) >= 11 is 6.12. The van der Waals surface area contributed by atoms with Crippen LogP contribution >= 0.6 is 11.6 Å². The van der Waals surface area contributed by atoms with E-state index in [9.17, 15) is 19.2 Å². The molecule has 5 rings (SSSR count). The molecule has 2 amide bonds. The van der Waals surface area contributed by atoms with Crippen LogP contribution in [0.2, 0.25) is 5.02 Å². The Morgan fingerprint density at radius 3 is 2.78 bits per heavy atom. The van der Waals surface area contributed by atoms with Gasteiger partial charge in [-0.15, -0.1) is 0 Å². The van der Waals surface area contributed by atoms with Crippen molar-refractivity contribution in [3.05, 3.63) is 105 Å². The molecule has 0 aliphatic heterocycles. The van der Waals surface area contributed by atoms with E-state index < -0.39 is 17.6 Å². The number of hydrogen-bond donors (Lipinski definition) is 3. The molecule has 0 saturated heterocycles. The molecule has 182 valence electrons. The number of nitriles is 1. The Balaban J connectivity index is 1.37. The number of fused-ring (bicyclic) bond motifs is 2. The monoisotopic (exact) mass is 512 g/mol. The number of rotatable bonds is 6. The van der Waals surface area contributed by atoms with Crippen molar-refractivity contribution in [1.29, 1.82) is 5.26 Å². The topological polar surface area (TPSA) is 138 Å². The van der Waals surface area contributed by atoms with Crippen LogP contribution in [-0.2, 0) is 13.0 Å². The highest BCUT2D eigenvalue weighted by Gasteiger charge is 2.14. The first-order valence-corrected chi connectivity index (χ1v) is 11.5. The van der Waals surface area contributed by atoms with Gasteiger partial charge in [0, 0.05) is 64.7 Å². The van der Waals surface area contributed by atoms with Crippen LogP contribution in [0.3, 0.4) is 0 Å². The van der Waals surface area contributed by atoms with E-state index in [2.05, 4.69) is 20.3 Å². The molecule has 8 nitrogen and oxygen atoms in total. The quantitative estimate of drug-likeness (QED) is 0.309. The molecule has 0 unspecified atom stereocenters. The zero-order valence-corrected chi connectivity index (χ0v) is 19.9. The number of amides is 2. The number of aromatic amines is 1. The van der Waals surface area contributed by atoms with Gasteiger partial charge in [0.15, 0.2) is 0 Å². The second kappa shape index (κ2) is 9.68. The van der Waals surface area contributed by atoms with Crippen LogP contribution in [0.15, 0.2) is 61.1 Å². The van der Waals surface area contributed by atoms with Crippen LogP contribution in [0.5, 0.6) is 0 Å². The number of carbonyl (C=O) groups is 2. The zero-order chi connectivity index (χ0) is 26.1. The average Bonchev–Trinajstić information content (AvgIpc) is 3.25. The van der Waals surface area contributed by atoms with Gasteiger partial charge in [-0.25, -0.2) is 4.39 Å². The SMILES string of the molecule is N#Cc1cnc2c(C(N)=O)cc(Cc3cc(C(=O)NCc4cc5c(Cl)c[nH]c5cc4F)ccn3)cc2c1. The van der Waals surface area contributed by atoms with Crippen molar-refractivity contribution in [3.8, 4) is 6.07 Å². The Kier molecular flexibility index (Phi) is 6.26. The largest absolute Gasteiger partial charge is 0.366 e. The number of halogens is 2. The van der Waals surface area contributed by atoms with Crippen LogP contribution in [0.1, 0.15) is 43.1 Å². The molecule has 3 aromatic heterocycles. The lowest BCUT2D eigenvalue weighted by molar-refractivity contribution is 0.0949. The number of benzene rings is 2. The molecule has 2 aromatic carbocycles. The number of primary amides is 1. The Hall–Kier alpha value is -4.81. The maximum atomic E-state index is 14.5. The summed E-state index contributed by atoms with van der Waals surface area (Å²) in [4.78, 5) is 36.3. The number of carbonyl (C=O) groups excluding carboxylic acids is 2. The summed E-state index contributed by atoms with van der Waals surface area (Å²) in [6.45, 7) is -0.0271. The smallest absolute Gasteiger partial charge is 0.251 e. The molecule has 0 fully saturated rings. The lowest BCUT2D eigenvalue weighted by Gasteiger charge is -2.10. The first-order chi connectivity index (χ1) is 17.8. The first kappa shape index (κ1) is 23.9. The first-order valence-electron chi connectivity index (χ1n) is 11.1. The number of hydrogen-bond acceptors (Lipinski definition) is 5. The Morgan fingerprint density at radius 1 is 1.16 bits per heavy atom. The molecule has 0 atom stereocenters. The predicted molar refractivity (Wildman–Crippen MR) is 136 cm³/mol. The summed E-state index contributed by atoms with van der Waals surface area (Å²) in [5, 5.41) is 13.6. The summed E-state index contributed by atoms with van der Waals surface area (Å²) in [6.07, 6.45) is 4.76. The molecular formula is C27H18ClFN6O2. The minimum atomic E-state index is -0.642. The summed E-state index contributed by atoms with van der Waals surface area (Å²) < 4.78 is 14.5. The van der Waals surface area contributed by atoms with Crippen molar-refractivity contribution in [1.82, 2.24) is 20.3 Å². The van der Waals surface area contributed by atoms with Crippen molar-refractivity contribution in [3.63, 3.8) is 0 Å². The average molecular weight is 513 g/mol. The lowest BCUT2D eigenvalue weighted by atomic mass is 10.00. The highest BCUT2D eigenvalue weighted by molar-refractivity contribution is 6.35. The van der Waals surface area contributed by atoms with E-state index in [1.54, 1.807) is 42.6 Å². The van der Waals surface area contributed by atoms with Gasteiger partial charge in [-0.1, -0.05) is 11.6 Å². The van der Waals surface area contributed by atoms with E-state index in [-0.39, 0.29) is 12.1 Å². The van der Waals surface area contributed by atoms with E-state index in [0.29, 0.717) is 61.2 Å². The van der Waals surface area contributed by atoms with Gasteiger partial charge in [0.25, 0.3) is 11.8 Å². The molecule has 3 heterocycles. The van der Waals surface area contributed by atoms with E-state index in [1.165, 1.54) is 18.5 Å². The highest BCUT2D eigenvalue weighted by atomic mass is 35.5. The third kappa shape index (κ3) is 4.83. The summed E-state index contributed by atoms with van der Waals surface area (Å²) in [5.74, 6) is -1.50. The normalized spacial score (nSPS) is 10.9. The van der Waals surface area contributed by atoms with Crippen molar-refractivity contribution in [2.75, 3.05) is 0 Å². The number of H-pyrrole nitrogens is 1. The molecule has 10 heteroatoms. The molecule has 0 bridgehead atoms. The second-order valence-corrected chi connectivity index (χ2v) is 8.84. The van der Waals surface area contributed by atoms with Crippen molar-refractivity contribution >= 4 is 45.2 Å². The minimum absolute atomic E-state index is 0.0271. The Morgan fingerprint density at radius 2 is 2.00 bits per heavy atom. The van der Waals surface area contributed by atoms with Crippen molar-refractivity contribution in [2.45, 2.75) is 13.0 Å². The van der Waals surface area contributed by atoms with Crippen molar-refractivity contribution in [2.24, 2.45) is 5.73 Å². The van der Waals surface area contributed by atoms with Gasteiger partial charge in [-0.05, 0) is 48.0 Å². The van der Waals surface area contributed by atoms with Crippen LogP contribution in [0, 0.1) is 17.1 Å². The third-order valence-corrected chi connectivity index (χ3v) is 6.25. The van der Waals surface area contributed by atoms with Crippen LogP contribution in [-0.4, -0.2) is 26.8 Å². The van der Waals surface area contributed by atoms with E-state index in [1.807, 2.05) is 6.07 Å². The van der Waals surface area contributed by atoms with Gasteiger partial charge < -0.3 is 16.0 Å². The van der Waals surface area contributed by atoms with Gasteiger partial charge in [0.2, 0.25) is 0 Å². The molecular weight excluding hydrogens is 495 g/mol. The van der Waals surface area contributed by atoms with Gasteiger partial charge >= 0.3 is 0 Å². The number of nitrogens with zero attached hydrogens (tertiary/aromatic N) is 3. The number of nitrogens with two attached hydrogens (primary N) is 1. The summed E-state index contributed by atoms with van der Waals surface area (Å²) in [6, 6.07) is 13.2. The molecule has 0 radical (unpaired) electrons. The van der Waals surface area contributed by atoms with Crippen LogP contribution in [0.4, 0.5) is 4.39 Å². The lowest BCUT2D eigenvalue weighted by Crippen LogP contribution is -2.23. The van der Waals surface area contributed by atoms with Crippen LogP contribution in [0.25, 0.3) is 21.8 Å². The fourth-order valence-electron chi connectivity index (χ4n) is 4.16. The third-order valence-electron chi connectivity index (χ3n) is 5.94. The molecule has 0 aliphatic rings. The number of nitrogens with one attached hydrogen (secondary N) is 2. The fourth-order valence-corrected chi connectivity index (χ4v) is 4.37. The molecule has 0 aliphatic carbocycles. The number of pyridine rings is 2. The molecule has 0 spiro atoms. The van der Waals surface area contributed by atoms with E-state index in [4.69, 9.17) is 17.3 Å². The van der Waals surface area contributed by atoms with Gasteiger partial charge in [0.05, 0.1) is 21.7 Å². The van der Waals surface area contributed by atoms with Crippen molar-refractivity contribution < 1.29 is 14.0 Å². The summed E-state index contributed by atoms with van der Waals surface area (Å²) in [7, 11) is 0. The summed E-state index contributed by atoms with van der Waals surface area (Å²) in [5.41, 5.74) is 9.04. The maximum absolute atomic E-state index is 14.5. The fraction of sp³-hybridized carbons (Fsp3) is 0.0741. The molecule has 37 heavy (non-hydrogen) atoms. The van der Waals surface area contributed by atoms with E-state index in [0.717, 1.165) is 0 Å². The molecule has 0 saturated carbocycles.